The number of carbonyl (C=O) groups excluding carboxylic acids is 1. The summed E-state index contributed by atoms with van der Waals surface area (Å²) in [6.07, 6.45) is 4.28. The van der Waals surface area contributed by atoms with E-state index in [1.165, 1.54) is 6.92 Å². The molecule has 0 atom stereocenters. The van der Waals surface area contributed by atoms with E-state index < -0.39 is 0 Å². The second kappa shape index (κ2) is 6.70. The van der Waals surface area contributed by atoms with Crippen molar-refractivity contribution in [1.82, 2.24) is 4.98 Å². The zero-order valence-corrected chi connectivity index (χ0v) is 11.6. The molecule has 0 fully saturated rings. The van der Waals surface area contributed by atoms with Crippen molar-refractivity contribution in [2.75, 3.05) is 13.7 Å². The van der Waals surface area contributed by atoms with Crippen LogP contribution >= 0.6 is 0 Å². The summed E-state index contributed by atoms with van der Waals surface area (Å²) in [7, 11) is 1.59. The lowest BCUT2D eigenvalue weighted by atomic mass is 10.1. The molecule has 2 aromatic rings. The molecule has 0 saturated carbocycles. The first-order chi connectivity index (χ1) is 9.70. The Morgan fingerprint density at radius 2 is 2.15 bits per heavy atom. The minimum absolute atomic E-state index is 0.0240. The van der Waals surface area contributed by atoms with Gasteiger partial charge in [0.05, 0.1) is 19.3 Å². The van der Waals surface area contributed by atoms with Gasteiger partial charge in [-0.15, -0.1) is 0 Å². The maximum Gasteiger partial charge on any atom is 0.163 e. The molecule has 1 aromatic heterocycles. The van der Waals surface area contributed by atoms with Crippen molar-refractivity contribution in [2.45, 2.75) is 13.3 Å². The van der Waals surface area contributed by atoms with Crippen LogP contribution in [-0.4, -0.2) is 24.5 Å². The molecule has 0 saturated heterocycles. The lowest BCUT2D eigenvalue weighted by Gasteiger charge is -2.11. The Bertz CT molecular complexity index is 582. The summed E-state index contributed by atoms with van der Waals surface area (Å²) in [4.78, 5) is 15.6. The van der Waals surface area contributed by atoms with Crippen LogP contribution < -0.4 is 9.47 Å². The smallest absolute Gasteiger partial charge is 0.163 e. The highest BCUT2D eigenvalue weighted by molar-refractivity contribution is 5.97. The van der Waals surface area contributed by atoms with Crippen LogP contribution in [0.1, 0.15) is 22.8 Å². The highest BCUT2D eigenvalue weighted by Crippen LogP contribution is 2.25. The average Bonchev–Trinajstić information content (AvgIpc) is 2.48. The SMILES string of the molecule is COc1ccc(C(C)=O)c(OCCc2cccnc2)c1. The second-order valence-electron chi connectivity index (χ2n) is 4.38. The maximum absolute atomic E-state index is 11.6. The lowest BCUT2D eigenvalue weighted by molar-refractivity contribution is 0.101. The summed E-state index contributed by atoms with van der Waals surface area (Å²) in [5, 5.41) is 0. The monoisotopic (exact) mass is 271 g/mol. The topological polar surface area (TPSA) is 48.4 Å². The number of carbonyl (C=O) groups is 1. The summed E-state index contributed by atoms with van der Waals surface area (Å²) < 4.78 is 10.9. The number of hydrogen-bond donors (Lipinski definition) is 0. The molecular weight excluding hydrogens is 254 g/mol. The van der Waals surface area contributed by atoms with E-state index in [0.717, 1.165) is 12.0 Å². The van der Waals surface area contributed by atoms with Crippen molar-refractivity contribution < 1.29 is 14.3 Å². The van der Waals surface area contributed by atoms with Crippen molar-refractivity contribution in [3.8, 4) is 11.5 Å². The fraction of sp³-hybridized carbons (Fsp3) is 0.250. The number of ketones is 1. The molecule has 0 N–H and O–H groups in total. The van der Waals surface area contributed by atoms with Crippen molar-refractivity contribution in [1.29, 1.82) is 0 Å². The predicted octanol–water partition coefficient (Wildman–Crippen LogP) is 2.91. The fourth-order valence-electron chi connectivity index (χ4n) is 1.86. The first-order valence-electron chi connectivity index (χ1n) is 6.41. The summed E-state index contributed by atoms with van der Waals surface area (Å²) in [5.74, 6) is 1.20. The molecule has 0 bridgehead atoms. The van der Waals surface area contributed by atoms with Crippen LogP contribution in [0.5, 0.6) is 11.5 Å². The van der Waals surface area contributed by atoms with Gasteiger partial charge in [0.1, 0.15) is 11.5 Å². The molecule has 0 spiro atoms. The van der Waals surface area contributed by atoms with Gasteiger partial charge in [0, 0.05) is 24.9 Å². The summed E-state index contributed by atoms with van der Waals surface area (Å²) >= 11 is 0. The van der Waals surface area contributed by atoms with E-state index in [1.54, 1.807) is 37.7 Å². The second-order valence-corrected chi connectivity index (χ2v) is 4.38. The Labute approximate surface area is 118 Å². The Kier molecular flexibility index (Phi) is 4.71. The third-order valence-electron chi connectivity index (χ3n) is 2.94. The van der Waals surface area contributed by atoms with Crippen LogP contribution in [0.4, 0.5) is 0 Å². The first-order valence-corrected chi connectivity index (χ1v) is 6.41. The van der Waals surface area contributed by atoms with E-state index in [-0.39, 0.29) is 5.78 Å². The molecule has 0 radical (unpaired) electrons. The third kappa shape index (κ3) is 3.57. The van der Waals surface area contributed by atoms with Gasteiger partial charge in [0.15, 0.2) is 5.78 Å². The number of benzene rings is 1. The molecular formula is C16H17NO3. The Morgan fingerprint density at radius 1 is 1.30 bits per heavy atom. The molecule has 0 unspecified atom stereocenters. The van der Waals surface area contributed by atoms with Crippen molar-refractivity contribution in [2.24, 2.45) is 0 Å². The molecule has 4 nitrogen and oxygen atoms in total. The minimum Gasteiger partial charge on any atom is -0.497 e. The number of rotatable bonds is 6. The van der Waals surface area contributed by atoms with Gasteiger partial charge in [-0.3, -0.25) is 9.78 Å². The Hall–Kier alpha value is -2.36. The molecule has 4 heteroatoms. The van der Waals surface area contributed by atoms with E-state index in [0.29, 0.717) is 23.7 Å². The molecule has 0 amide bonds. The molecule has 20 heavy (non-hydrogen) atoms. The average molecular weight is 271 g/mol. The molecule has 0 aliphatic rings. The molecule has 1 aromatic carbocycles. The number of nitrogens with zero attached hydrogens (tertiary/aromatic N) is 1. The number of hydrogen-bond acceptors (Lipinski definition) is 4. The fourth-order valence-corrected chi connectivity index (χ4v) is 1.86. The van der Waals surface area contributed by atoms with E-state index in [4.69, 9.17) is 9.47 Å². The maximum atomic E-state index is 11.6. The quantitative estimate of drug-likeness (QED) is 0.758. The van der Waals surface area contributed by atoms with Crippen molar-refractivity contribution in [3.05, 3.63) is 53.9 Å². The van der Waals surface area contributed by atoms with E-state index in [1.807, 2.05) is 12.1 Å². The molecule has 0 aliphatic carbocycles. The van der Waals surface area contributed by atoms with Gasteiger partial charge in [-0.25, -0.2) is 0 Å². The zero-order valence-electron chi connectivity index (χ0n) is 11.6. The largest absolute Gasteiger partial charge is 0.497 e. The summed E-state index contributed by atoms with van der Waals surface area (Å²) in [6, 6.07) is 9.10. The van der Waals surface area contributed by atoms with Gasteiger partial charge in [-0.2, -0.15) is 0 Å². The molecule has 0 aliphatic heterocycles. The zero-order chi connectivity index (χ0) is 14.4. The number of methoxy groups -OCH3 is 1. The number of Topliss-reactive ketones (excluding diaryl/α,β-unsaturated/α-hetero) is 1. The van der Waals surface area contributed by atoms with Crippen LogP contribution in [-0.2, 0) is 6.42 Å². The summed E-state index contributed by atoms with van der Waals surface area (Å²) in [5.41, 5.74) is 1.66. The van der Waals surface area contributed by atoms with Crippen LogP contribution in [0.2, 0.25) is 0 Å². The number of ether oxygens (including phenoxy) is 2. The van der Waals surface area contributed by atoms with Crippen LogP contribution in [0.25, 0.3) is 0 Å². The van der Waals surface area contributed by atoms with Crippen molar-refractivity contribution in [3.63, 3.8) is 0 Å². The van der Waals surface area contributed by atoms with Gasteiger partial charge in [-0.1, -0.05) is 6.07 Å². The lowest BCUT2D eigenvalue weighted by Crippen LogP contribution is -2.05. The van der Waals surface area contributed by atoms with Crippen molar-refractivity contribution >= 4 is 5.78 Å². The highest BCUT2D eigenvalue weighted by atomic mass is 16.5. The van der Waals surface area contributed by atoms with Gasteiger partial charge in [0.2, 0.25) is 0 Å². The Balaban J connectivity index is 2.06. The molecule has 2 rings (SSSR count). The van der Waals surface area contributed by atoms with E-state index >= 15 is 0 Å². The minimum atomic E-state index is -0.0240. The van der Waals surface area contributed by atoms with E-state index in [9.17, 15) is 4.79 Å². The molecule has 104 valence electrons. The number of pyridine rings is 1. The predicted molar refractivity (Wildman–Crippen MR) is 76.4 cm³/mol. The van der Waals surface area contributed by atoms with Crippen LogP contribution in [0.15, 0.2) is 42.7 Å². The normalized spacial score (nSPS) is 10.1. The highest BCUT2D eigenvalue weighted by Gasteiger charge is 2.10. The third-order valence-corrected chi connectivity index (χ3v) is 2.94. The van der Waals surface area contributed by atoms with Gasteiger partial charge >= 0.3 is 0 Å². The van der Waals surface area contributed by atoms with Gasteiger partial charge in [0.25, 0.3) is 0 Å². The summed E-state index contributed by atoms with van der Waals surface area (Å²) in [6.45, 7) is 2.01. The van der Waals surface area contributed by atoms with Crippen LogP contribution in [0.3, 0.4) is 0 Å². The number of aromatic nitrogens is 1. The van der Waals surface area contributed by atoms with E-state index in [2.05, 4.69) is 4.98 Å². The first kappa shape index (κ1) is 14.1. The van der Waals surface area contributed by atoms with Crippen LogP contribution in [0, 0.1) is 0 Å². The van der Waals surface area contributed by atoms with Gasteiger partial charge < -0.3 is 9.47 Å². The Morgan fingerprint density at radius 3 is 2.80 bits per heavy atom. The van der Waals surface area contributed by atoms with Gasteiger partial charge in [-0.05, 0) is 30.7 Å². The molecule has 1 heterocycles. The standard InChI is InChI=1S/C16H17NO3/c1-12(18)15-6-5-14(19-2)10-16(15)20-9-7-13-4-3-8-17-11-13/h3-6,8,10-11H,7,9H2,1-2H3.